The fourth-order valence-corrected chi connectivity index (χ4v) is 6.47. The Morgan fingerprint density at radius 3 is 2.60 bits per heavy atom. The zero-order valence-electron chi connectivity index (χ0n) is 26.0. The van der Waals surface area contributed by atoms with Crippen LogP contribution in [0.2, 0.25) is 0 Å². The SMILES string of the molecule is CCOc1cc(-c2ccc(N3CCC(CCNC4CCN(C)CC4)(CC(=O)OC(C)C)CC3)nc2)c2c(C#N)cnn2c1. The third kappa shape index (κ3) is 7.46. The fraction of sp³-hybridized carbons (Fsp3) is 0.576. The molecule has 3 aromatic rings. The van der Waals surface area contributed by atoms with Crippen molar-refractivity contribution < 1.29 is 14.3 Å². The molecule has 3 aromatic heterocycles. The lowest BCUT2D eigenvalue weighted by atomic mass is 9.73. The van der Waals surface area contributed by atoms with Gasteiger partial charge in [0.1, 0.15) is 17.6 Å². The van der Waals surface area contributed by atoms with Gasteiger partial charge < -0.3 is 24.6 Å². The molecule has 1 N–H and O–H groups in total. The van der Waals surface area contributed by atoms with Crippen LogP contribution in [-0.4, -0.2) is 84.0 Å². The number of hydrogen-bond donors (Lipinski definition) is 1. The van der Waals surface area contributed by atoms with E-state index in [1.54, 1.807) is 16.9 Å². The first-order valence-electron chi connectivity index (χ1n) is 15.7. The van der Waals surface area contributed by atoms with Crippen LogP contribution in [0.4, 0.5) is 5.82 Å². The van der Waals surface area contributed by atoms with Crippen molar-refractivity contribution in [1.29, 1.82) is 5.26 Å². The Balaban J connectivity index is 1.28. The Morgan fingerprint density at radius 1 is 1.19 bits per heavy atom. The summed E-state index contributed by atoms with van der Waals surface area (Å²) in [6.45, 7) is 11.2. The fourth-order valence-electron chi connectivity index (χ4n) is 6.47. The number of nitrogens with one attached hydrogen (secondary N) is 1. The van der Waals surface area contributed by atoms with E-state index in [9.17, 15) is 10.1 Å². The third-order valence-corrected chi connectivity index (χ3v) is 8.92. The molecule has 0 saturated carbocycles. The van der Waals surface area contributed by atoms with Crippen molar-refractivity contribution in [3.8, 4) is 22.9 Å². The van der Waals surface area contributed by atoms with E-state index in [1.165, 1.54) is 12.8 Å². The summed E-state index contributed by atoms with van der Waals surface area (Å²) in [6, 6.07) is 8.85. The van der Waals surface area contributed by atoms with Crippen molar-refractivity contribution in [2.24, 2.45) is 5.41 Å². The van der Waals surface area contributed by atoms with Crippen molar-refractivity contribution in [2.75, 3.05) is 51.3 Å². The normalized spacial score (nSPS) is 17.7. The van der Waals surface area contributed by atoms with Crippen LogP contribution in [-0.2, 0) is 9.53 Å². The summed E-state index contributed by atoms with van der Waals surface area (Å²) < 4.78 is 13.0. The van der Waals surface area contributed by atoms with Gasteiger partial charge in [-0.2, -0.15) is 10.4 Å². The van der Waals surface area contributed by atoms with Gasteiger partial charge in [0.15, 0.2) is 0 Å². The van der Waals surface area contributed by atoms with Crippen LogP contribution >= 0.6 is 0 Å². The molecular weight excluding hydrogens is 542 g/mol. The molecule has 0 aromatic carbocycles. The van der Waals surface area contributed by atoms with Crippen LogP contribution in [0.3, 0.4) is 0 Å². The Kier molecular flexibility index (Phi) is 9.83. The maximum atomic E-state index is 12.8. The summed E-state index contributed by atoms with van der Waals surface area (Å²) in [4.78, 5) is 22.4. The van der Waals surface area contributed by atoms with Gasteiger partial charge in [-0.1, -0.05) is 0 Å². The van der Waals surface area contributed by atoms with Gasteiger partial charge in [-0.05, 0) is 103 Å². The van der Waals surface area contributed by atoms with Gasteiger partial charge in [0.2, 0.25) is 0 Å². The van der Waals surface area contributed by atoms with Crippen LogP contribution in [0.1, 0.15) is 64.9 Å². The van der Waals surface area contributed by atoms with Gasteiger partial charge >= 0.3 is 5.97 Å². The lowest BCUT2D eigenvalue weighted by Crippen LogP contribution is -2.45. The number of nitrogens with zero attached hydrogens (tertiary/aromatic N) is 6. The van der Waals surface area contributed by atoms with Crippen LogP contribution in [0.25, 0.3) is 16.6 Å². The molecule has 2 fully saturated rings. The number of carbonyl (C=O) groups is 1. The highest BCUT2D eigenvalue weighted by molar-refractivity contribution is 5.85. The van der Waals surface area contributed by atoms with Gasteiger partial charge in [0, 0.05) is 36.5 Å². The van der Waals surface area contributed by atoms with Crippen molar-refractivity contribution >= 4 is 17.3 Å². The molecule has 0 radical (unpaired) electrons. The molecule has 0 amide bonds. The number of nitriles is 1. The predicted molar refractivity (Wildman–Crippen MR) is 167 cm³/mol. The molecule has 230 valence electrons. The van der Waals surface area contributed by atoms with Gasteiger partial charge in [-0.15, -0.1) is 0 Å². The Hall–Kier alpha value is -3.68. The van der Waals surface area contributed by atoms with Crippen LogP contribution in [0.15, 0.2) is 36.8 Å². The Bertz CT molecular complexity index is 1410. The summed E-state index contributed by atoms with van der Waals surface area (Å²) >= 11 is 0. The molecule has 0 unspecified atom stereocenters. The van der Waals surface area contributed by atoms with E-state index in [0.29, 0.717) is 30.4 Å². The lowest BCUT2D eigenvalue weighted by molar-refractivity contribution is -0.150. The quantitative estimate of drug-likeness (QED) is 0.320. The minimum Gasteiger partial charge on any atom is -0.492 e. The number of piperidine rings is 2. The molecule has 2 saturated heterocycles. The minimum absolute atomic E-state index is 0.0815. The number of carbonyl (C=O) groups excluding carboxylic acids is 1. The number of rotatable bonds is 11. The largest absolute Gasteiger partial charge is 0.492 e. The van der Waals surface area contributed by atoms with Gasteiger partial charge in [-0.25, -0.2) is 9.50 Å². The van der Waals surface area contributed by atoms with Crippen LogP contribution in [0.5, 0.6) is 5.75 Å². The number of likely N-dealkylation sites (tertiary alicyclic amines) is 1. The van der Waals surface area contributed by atoms with E-state index in [4.69, 9.17) is 14.5 Å². The number of esters is 1. The highest BCUT2D eigenvalue weighted by Gasteiger charge is 2.37. The van der Waals surface area contributed by atoms with Crippen LogP contribution in [0, 0.1) is 16.7 Å². The molecule has 2 aliphatic heterocycles. The van der Waals surface area contributed by atoms with E-state index < -0.39 is 0 Å². The van der Waals surface area contributed by atoms with Gasteiger partial charge in [0.05, 0.1) is 42.6 Å². The summed E-state index contributed by atoms with van der Waals surface area (Å²) in [6.07, 6.45) is 10.7. The Morgan fingerprint density at radius 2 is 1.95 bits per heavy atom. The van der Waals surface area contributed by atoms with Crippen LogP contribution < -0.4 is 15.0 Å². The molecular formula is C33H45N7O3. The first kappa shape index (κ1) is 30.8. The second kappa shape index (κ2) is 13.7. The highest BCUT2D eigenvalue weighted by atomic mass is 16.5. The molecule has 0 bridgehead atoms. The van der Waals surface area contributed by atoms with Crippen molar-refractivity contribution in [3.05, 3.63) is 42.4 Å². The maximum absolute atomic E-state index is 12.8. The zero-order chi connectivity index (χ0) is 30.4. The molecule has 5 heterocycles. The molecule has 5 rings (SSSR count). The minimum atomic E-state index is -0.105. The summed E-state index contributed by atoms with van der Waals surface area (Å²) in [5, 5.41) is 17.8. The summed E-state index contributed by atoms with van der Waals surface area (Å²) in [7, 11) is 2.19. The number of pyridine rings is 2. The molecule has 10 heteroatoms. The van der Waals surface area contributed by atoms with Gasteiger partial charge in [-0.3, -0.25) is 4.79 Å². The molecule has 2 aliphatic rings. The number of fused-ring (bicyclic) bond motifs is 1. The first-order chi connectivity index (χ1) is 20.8. The molecule has 43 heavy (non-hydrogen) atoms. The predicted octanol–water partition coefficient (Wildman–Crippen LogP) is 4.67. The number of hydrogen-bond acceptors (Lipinski definition) is 9. The Labute approximate surface area is 255 Å². The molecule has 10 nitrogen and oxygen atoms in total. The average Bonchev–Trinajstić information content (AvgIpc) is 3.41. The van der Waals surface area contributed by atoms with E-state index in [-0.39, 0.29) is 17.5 Å². The van der Waals surface area contributed by atoms with Crippen molar-refractivity contribution in [3.63, 3.8) is 0 Å². The second-order valence-electron chi connectivity index (χ2n) is 12.4. The maximum Gasteiger partial charge on any atom is 0.306 e. The lowest BCUT2D eigenvalue weighted by Gasteiger charge is -2.42. The second-order valence-corrected chi connectivity index (χ2v) is 12.4. The van der Waals surface area contributed by atoms with Crippen molar-refractivity contribution in [1.82, 2.24) is 24.8 Å². The molecule has 0 atom stereocenters. The summed E-state index contributed by atoms with van der Waals surface area (Å²) in [5.41, 5.74) is 2.93. The van der Waals surface area contributed by atoms with Gasteiger partial charge in [0.25, 0.3) is 0 Å². The average molecular weight is 588 g/mol. The molecule has 0 spiro atoms. The van der Waals surface area contributed by atoms with E-state index in [0.717, 1.165) is 74.4 Å². The monoisotopic (exact) mass is 587 g/mol. The first-order valence-corrected chi connectivity index (χ1v) is 15.7. The smallest absolute Gasteiger partial charge is 0.306 e. The number of ether oxygens (including phenoxy) is 2. The standard InChI is InChI=1S/C33H45N7O3/c1-5-42-28-18-29(32-26(20-34)22-37-40(32)23-28)25-6-7-30(36-21-25)39-16-11-33(12-17-39,19-31(41)43-24(2)3)10-13-35-27-8-14-38(4)15-9-27/h6-7,18,21-24,27,35H,5,8-17,19H2,1-4H3. The molecule has 0 aliphatic carbocycles. The van der Waals surface area contributed by atoms with E-state index in [1.807, 2.05) is 39.1 Å². The topological polar surface area (TPSA) is 108 Å². The highest BCUT2D eigenvalue weighted by Crippen LogP contribution is 2.40. The number of aromatic nitrogens is 3. The van der Waals surface area contributed by atoms with Crippen molar-refractivity contribution in [2.45, 2.75) is 71.4 Å². The number of anilines is 1. The third-order valence-electron chi connectivity index (χ3n) is 8.92. The summed E-state index contributed by atoms with van der Waals surface area (Å²) in [5.74, 6) is 1.51. The van der Waals surface area contributed by atoms with E-state index in [2.05, 4.69) is 39.4 Å². The van der Waals surface area contributed by atoms with E-state index >= 15 is 0 Å². The zero-order valence-corrected chi connectivity index (χ0v) is 26.0.